The summed E-state index contributed by atoms with van der Waals surface area (Å²) in [7, 11) is -16.4. The second kappa shape index (κ2) is 7.51. The number of nitrogens with zero attached hydrogens (tertiary/aromatic N) is 1. The summed E-state index contributed by atoms with van der Waals surface area (Å²) in [4.78, 5) is 49.6. The van der Waals surface area contributed by atoms with Gasteiger partial charge in [-0.1, -0.05) is 0 Å². The molecule has 0 aliphatic rings. The van der Waals surface area contributed by atoms with E-state index in [1.54, 1.807) is 0 Å². The monoisotopic (exact) mass is 407 g/mol. The maximum Gasteiger partial charge on any atom is 0.490 e. The lowest BCUT2D eigenvalue weighted by molar-refractivity contribution is 0.111. The smallest absolute Gasteiger partial charge is 0.490 e. The van der Waals surface area contributed by atoms with E-state index in [1.807, 2.05) is 0 Å². The summed E-state index contributed by atoms with van der Waals surface area (Å²) >= 11 is 0. The number of aldehydes is 1. The highest BCUT2D eigenvalue weighted by atomic mass is 31.3. The molecule has 0 aliphatic carbocycles. The van der Waals surface area contributed by atoms with E-state index in [0.29, 0.717) is 0 Å². The van der Waals surface area contributed by atoms with Gasteiger partial charge in [0.1, 0.15) is 5.75 Å². The molecule has 1 aromatic heterocycles. The third-order valence-electron chi connectivity index (χ3n) is 2.27. The zero-order valence-electron chi connectivity index (χ0n) is 11.7. The minimum absolute atomic E-state index is 0.0965. The quantitative estimate of drug-likeness (QED) is 0.298. The van der Waals surface area contributed by atoms with Gasteiger partial charge < -0.3 is 24.7 Å². The van der Waals surface area contributed by atoms with E-state index in [1.165, 1.54) is 6.92 Å². The van der Waals surface area contributed by atoms with Crippen LogP contribution in [0.4, 0.5) is 0 Å². The maximum atomic E-state index is 11.5. The lowest BCUT2D eigenvalue weighted by Gasteiger charge is -2.16. The van der Waals surface area contributed by atoms with Crippen LogP contribution in [-0.4, -0.2) is 36.0 Å². The van der Waals surface area contributed by atoms with Crippen molar-refractivity contribution in [3.63, 3.8) is 0 Å². The molecule has 136 valence electrons. The Morgan fingerprint density at radius 3 is 2.21 bits per heavy atom. The summed E-state index contributed by atoms with van der Waals surface area (Å²) in [5.74, 6) is -0.502. The standard InChI is InChI=1S/C8H12NO12P3/c1-5-8(11)7(3-10)6(2-9-5)4-19-23(15,16)21-24(17,18)20-22(12,13)14/h2-3,11H,4H2,1H3,(H,15,16)(H,17,18)(H2,12,13,14). The van der Waals surface area contributed by atoms with Crippen molar-refractivity contribution in [1.82, 2.24) is 4.98 Å². The third-order valence-corrected chi connectivity index (χ3v) is 6.06. The molecule has 0 spiro atoms. The summed E-state index contributed by atoms with van der Waals surface area (Å²) in [5, 5.41) is 9.62. The van der Waals surface area contributed by atoms with Crippen LogP contribution < -0.4 is 0 Å². The van der Waals surface area contributed by atoms with Gasteiger partial charge in [-0.25, -0.2) is 13.7 Å². The van der Waals surface area contributed by atoms with Crippen LogP contribution in [0.15, 0.2) is 6.20 Å². The molecule has 16 heteroatoms. The summed E-state index contributed by atoms with van der Waals surface area (Å²) in [6.07, 6.45) is 1.25. The van der Waals surface area contributed by atoms with Crippen molar-refractivity contribution in [2.75, 3.05) is 0 Å². The number of aromatic hydroxyl groups is 1. The molecule has 1 aromatic rings. The molecule has 24 heavy (non-hydrogen) atoms. The maximum absolute atomic E-state index is 11.5. The lowest BCUT2D eigenvalue weighted by Crippen LogP contribution is -2.01. The Labute approximate surface area is 134 Å². The van der Waals surface area contributed by atoms with E-state index in [2.05, 4.69) is 18.1 Å². The number of aromatic nitrogens is 1. The van der Waals surface area contributed by atoms with Crippen molar-refractivity contribution < 1.29 is 56.3 Å². The van der Waals surface area contributed by atoms with Gasteiger partial charge in [-0.15, -0.1) is 0 Å². The molecule has 5 N–H and O–H groups in total. The van der Waals surface area contributed by atoms with Crippen molar-refractivity contribution in [1.29, 1.82) is 0 Å². The van der Waals surface area contributed by atoms with Crippen molar-refractivity contribution in [3.05, 3.63) is 23.0 Å². The highest BCUT2D eigenvalue weighted by Crippen LogP contribution is 2.66. The number of hydrogen-bond acceptors (Lipinski definition) is 9. The van der Waals surface area contributed by atoms with E-state index in [9.17, 15) is 28.5 Å². The summed E-state index contributed by atoms with van der Waals surface area (Å²) < 4.78 is 44.4. The van der Waals surface area contributed by atoms with Crippen LogP contribution in [0.5, 0.6) is 5.75 Å². The number of phosphoric acid groups is 3. The number of pyridine rings is 1. The minimum Gasteiger partial charge on any atom is -0.505 e. The molecule has 0 radical (unpaired) electrons. The molecule has 0 bridgehead atoms. The average Bonchev–Trinajstić information content (AvgIpc) is 2.35. The number of rotatable bonds is 8. The highest BCUT2D eigenvalue weighted by Gasteiger charge is 2.40. The van der Waals surface area contributed by atoms with E-state index in [-0.39, 0.29) is 23.1 Å². The summed E-state index contributed by atoms with van der Waals surface area (Å²) in [5.41, 5.74) is -0.366. The Balaban J connectivity index is 2.89. The van der Waals surface area contributed by atoms with E-state index >= 15 is 0 Å². The topological polar surface area (TPSA) is 210 Å². The Hall–Kier alpha value is -0.970. The molecule has 0 saturated heterocycles. The first-order chi connectivity index (χ1) is 10.8. The average molecular weight is 407 g/mol. The van der Waals surface area contributed by atoms with E-state index in [4.69, 9.17) is 14.7 Å². The normalized spacial score (nSPS) is 17.0. The number of carbonyl (C=O) groups excluding carboxylic acids is 1. The molecular weight excluding hydrogens is 395 g/mol. The molecule has 2 atom stereocenters. The largest absolute Gasteiger partial charge is 0.505 e. The molecule has 0 aliphatic heterocycles. The fourth-order valence-electron chi connectivity index (χ4n) is 1.35. The first-order valence-electron chi connectivity index (χ1n) is 5.67. The number of carbonyl (C=O) groups is 1. The second-order valence-electron chi connectivity index (χ2n) is 4.11. The van der Waals surface area contributed by atoms with Crippen LogP contribution >= 0.6 is 23.5 Å². The second-order valence-corrected chi connectivity index (χ2v) is 8.53. The van der Waals surface area contributed by atoms with E-state index in [0.717, 1.165) is 6.20 Å². The SMILES string of the molecule is Cc1ncc(COP(=O)(O)OP(=O)(O)OP(=O)(O)O)c(C=O)c1O. The number of hydrogen-bond donors (Lipinski definition) is 5. The first-order valence-corrected chi connectivity index (χ1v) is 10.2. The molecule has 0 amide bonds. The van der Waals surface area contributed by atoms with Gasteiger partial charge in [-0.3, -0.25) is 14.3 Å². The number of phosphoric ester groups is 1. The van der Waals surface area contributed by atoms with Gasteiger partial charge in [-0.05, 0) is 6.92 Å². The van der Waals surface area contributed by atoms with Gasteiger partial charge in [0.05, 0.1) is 17.9 Å². The molecule has 0 fully saturated rings. The molecule has 13 nitrogen and oxygen atoms in total. The van der Waals surface area contributed by atoms with Gasteiger partial charge in [0.15, 0.2) is 6.29 Å². The summed E-state index contributed by atoms with van der Waals surface area (Å²) in [6, 6.07) is 0. The van der Waals surface area contributed by atoms with Gasteiger partial charge in [-0.2, -0.15) is 8.62 Å². The third kappa shape index (κ3) is 6.50. The van der Waals surface area contributed by atoms with E-state index < -0.39 is 35.8 Å². The zero-order chi connectivity index (χ0) is 18.8. The molecule has 0 saturated carbocycles. The summed E-state index contributed by atoms with van der Waals surface area (Å²) in [6.45, 7) is 0.521. The zero-order valence-corrected chi connectivity index (χ0v) is 14.4. The van der Waals surface area contributed by atoms with Gasteiger partial charge >= 0.3 is 23.5 Å². The first kappa shape index (κ1) is 21.1. The molecule has 2 unspecified atom stereocenters. The van der Waals surface area contributed by atoms with Crippen molar-refractivity contribution >= 4 is 29.8 Å². The molecule has 1 rings (SSSR count). The lowest BCUT2D eigenvalue weighted by atomic mass is 10.1. The van der Waals surface area contributed by atoms with Crippen molar-refractivity contribution in [3.8, 4) is 5.75 Å². The van der Waals surface area contributed by atoms with Crippen LogP contribution in [0.3, 0.4) is 0 Å². The predicted molar refractivity (Wildman–Crippen MR) is 74.7 cm³/mol. The molecule has 1 heterocycles. The predicted octanol–water partition coefficient (Wildman–Crippen LogP) is 0.751. The van der Waals surface area contributed by atoms with Crippen molar-refractivity contribution in [2.24, 2.45) is 0 Å². The molecular formula is C8H12NO12P3. The highest BCUT2D eigenvalue weighted by molar-refractivity contribution is 7.66. The Morgan fingerprint density at radius 2 is 1.71 bits per heavy atom. The van der Waals surface area contributed by atoms with Crippen LogP contribution in [0.25, 0.3) is 0 Å². The Bertz CT molecular complexity index is 772. The van der Waals surface area contributed by atoms with Crippen LogP contribution in [0.2, 0.25) is 0 Å². The van der Waals surface area contributed by atoms with Crippen LogP contribution in [-0.2, 0) is 33.4 Å². The molecule has 0 aromatic carbocycles. The fourth-order valence-corrected chi connectivity index (χ4v) is 4.35. The van der Waals surface area contributed by atoms with Crippen LogP contribution in [0.1, 0.15) is 21.6 Å². The van der Waals surface area contributed by atoms with Crippen molar-refractivity contribution in [2.45, 2.75) is 13.5 Å². The van der Waals surface area contributed by atoms with Gasteiger partial charge in [0.2, 0.25) is 0 Å². The Morgan fingerprint density at radius 1 is 1.12 bits per heavy atom. The minimum atomic E-state index is -5.63. The Kier molecular flexibility index (Phi) is 6.59. The van der Waals surface area contributed by atoms with Gasteiger partial charge in [0.25, 0.3) is 0 Å². The number of aryl methyl sites for hydroxylation is 1. The fraction of sp³-hybridized carbons (Fsp3) is 0.250. The van der Waals surface area contributed by atoms with Crippen LogP contribution in [0, 0.1) is 6.92 Å². The van der Waals surface area contributed by atoms with Gasteiger partial charge in [0, 0.05) is 11.8 Å².